The largest absolute Gasteiger partial charge is 0.349 e. The molecule has 0 radical (unpaired) electrons. The Morgan fingerprint density at radius 2 is 1.86 bits per heavy atom. The summed E-state index contributed by atoms with van der Waals surface area (Å²) in [7, 11) is 1.54. The zero-order chi connectivity index (χ0) is 21.2. The molecule has 3 N–H and O–H groups in total. The molecular weight excluding hydrogens is 370 g/mol. The Bertz CT molecular complexity index is 1120. The van der Waals surface area contributed by atoms with Gasteiger partial charge in [0, 0.05) is 19.9 Å². The van der Waals surface area contributed by atoms with Crippen LogP contribution in [0.1, 0.15) is 51.0 Å². The van der Waals surface area contributed by atoms with Gasteiger partial charge in [0.05, 0.1) is 6.04 Å². The van der Waals surface area contributed by atoms with E-state index in [9.17, 15) is 14.4 Å². The van der Waals surface area contributed by atoms with Crippen LogP contribution >= 0.6 is 0 Å². The Labute approximate surface area is 168 Å². The Kier molecular flexibility index (Phi) is 5.72. The number of hydrogen-bond acceptors (Lipinski definition) is 4. The van der Waals surface area contributed by atoms with Crippen molar-refractivity contribution >= 4 is 17.1 Å². The number of benzene rings is 1. The van der Waals surface area contributed by atoms with Gasteiger partial charge in [0.15, 0.2) is 5.65 Å². The van der Waals surface area contributed by atoms with E-state index in [2.05, 4.69) is 41.0 Å². The van der Waals surface area contributed by atoms with Crippen molar-refractivity contribution in [2.75, 3.05) is 0 Å². The number of H-pyrrole nitrogens is 2. The number of nitrogens with zero attached hydrogens (tertiary/aromatic N) is 2. The van der Waals surface area contributed by atoms with Crippen LogP contribution in [-0.2, 0) is 18.3 Å². The van der Waals surface area contributed by atoms with Crippen LogP contribution in [0.3, 0.4) is 0 Å². The van der Waals surface area contributed by atoms with E-state index in [1.54, 1.807) is 0 Å². The van der Waals surface area contributed by atoms with Gasteiger partial charge in [0.2, 0.25) is 5.91 Å². The summed E-state index contributed by atoms with van der Waals surface area (Å²) in [6, 6.07) is 9.84. The maximum Gasteiger partial charge on any atom is 0.329 e. The van der Waals surface area contributed by atoms with Crippen LogP contribution < -0.4 is 16.6 Å². The number of fused-ring (bicyclic) bond motifs is 1. The van der Waals surface area contributed by atoms with Crippen molar-refractivity contribution < 1.29 is 4.79 Å². The van der Waals surface area contributed by atoms with Crippen LogP contribution in [0.4, 0.5) is 0 Å². The highest BCUT2D eigenvalue weighted by molar-refractivity contribution is 5.77. The predicted molar refractivity (Wildman–Crippen MR) is 112 cm³/mol. The molecule has 8 nitrogen and oxygen atoms in total. The van der Waals surface area contributed by atoms with E-state index in [-0.39, 0.29) is 34.9 Å². The molecular formula is C21H27N5O3. The summed E-state index contributed by atoms with van der Waals surface area (Å²) in [6.07, 6.45) is 1.37. The molecule has 0 spiro atoms. The Morgan fingerprint density at radius 1 is 1.17 bits per heavy atom. The van der Waals surface area contributed by atoms with Gasteiger partial charge in [-0.05, 0) is 17.4 Å². The van der Waals surface area contributed by atoms with E-state index in [1.807, 2.05) is 30.3 Å². The number of carbonyl (C=O) groups is 1. The average Bonchev–Trinajstić information content (AvgIpc) is 3.09. The van der Waals surface area contributed by atoms with Crippen molar-refractivity contribution in [2.24, 2.45) is 12.5 Å². The van der Waals surface area contributed by atoms with E-state index in [4.69, 9.17) is 0 Å². The molecule has 0 aliphatic heterocycles. The molecule has 1 amide bonds. The van der Waals surface area contributed by atoms with Crippen LogP contribution in [0.15, 0.2) is 39.9 Å². The zero-order valence-electron chi connectivity index (χ0n) is 17.2. The second-order valence-electron chi connectivity index (χ2n) is 8.50. The Morgan fingerprint density at radius 3 is 2.52 bits per heavy atom. The molecule has 3 rings (SSSR count). The molecule has 0 aliphatic rings. The maximum atomic E-state index is 12.6. The predicted octanol–water partition coefficient (Wildman–Crippen LogP) is 2.18. The SMILES string of the molecule is Cn1c(=O)[nH]c(=O)c2[nH]c(CCC(=O)NC(CC(C)(C)C)c3ccccc3)nc21. The standard InChI is InChI=1S/C21H27N5O3/c1-21(2,3)12-14(13-8-6-5-7-9-13)22-16(27)11-10-15-23-17-18(24-15)26(4)20(29)25-19(17)28/h5-9,14H,10-12H2,1-4H3,(H,22,27)(H,23,24)(H,25,28,29). The fourth-order valence-electron chi connectivity index (χ4n) is 3.32. The lowest BCUT2D eigenvalue weighted by Crippen LogP contribution is -2.31. The molecule has 0 aliphatic carbocycles. The number of imidazole rings is 1. The van der Waals surface area contributed by atoms with Crippen molar-refractivity contribution in [1.82, 2.24) is 24.8 Å². The minimum Gasteiger partial charge on any atom is -0.349 e. The molecule has 0 bridgehead atoms. The van der Waals surface area contributed by atoms with Gasteiger partial charge < -0.3 is 10.3 Å². The van der Waals surface area contributed by atoms with Crippen LogP contribution in [0.2, 0.25) is 0 Å². The first-order valence-corrected chi connectivity index (χ1v) is 9.66. The highest BCUT2D eigenvalue weighted by Crippen LogP contribution is 2.29. The lowest BCUT2D eigenvalue weighted by molar-refractivity contribution is -0.122. The molecule has 1 unspecified atom stereocenters. The first-order chi connectivity index (χ1) is 13.6. The Hall–Kier alpha value is -3.16. The highest BCUT2D eigenvalue weighted by atomic mass is 16.2. The zero-order valence-corrected chi connectivity index (χ0v) is 17.2. The molecule has 0 fully saturated rings. The highest BCUT2D eigenvalue weighted by Gasteiger charge is 2.22. The summed E-state index contributed by atoms with van der Waals surface area (Å²) in [5.41, 5.74) is 0.604. The van der Waals surface area contributed by atoms with Gasteiger partial charge >= 0.3 is 5.69 Å². The second-order valence-corrected chi connectivity index (χ2v) is 8.50. The molecule has 8 heteroatoms. The second kappa shape index (κ2) is 8.06. The number of nitrogens with one attached hydrogen (secondary N) is 3. The quantitative estimate of drug-likeness (QED) is 0.592. The third-order valence-corrected chi connectivity index (χ3v) is 4.75. The van der Waals surface area contributed by atoms with Crippen molar-refractivity contribution in [3.05, 3.63) is 62.6 Å². The fraction of sp³-hybridized carbons (Fsp3) is 0.429. The van der Waals surface area contributed by atoms with Crippen molar-refractivity contribution in [1.29, 1.82) is 0 Å². The molecule has 29 heavy (non-hydrogen) atoms. The van der Waals surface area contributed by atoms with Crippen molar-refractivity contribution in [3.63, 3.8) is 0 Å². The molecule has 3 aromatic rings. The minimum atomic E-state index is -0.522. The third kappa shape index (κ3) is 5.01. The third-order valence-electron chi connectivity index (χ3n) is 4.75. The van der Waals surface area contributed by atoms with Crippen LogP contribution in [-0.4, -0.2) is 25.4 Å². The van der Waals surface area contributed by atoms with E-state index in [1.165, 1.54) is 11.6 Å². The maximum absolute atomic E-state index is 12.6. The first-order valence-electron chi connectivity index (χ1n) is 9.66. The monoisotopic (exact) mass is 397 g/mol. The number of aromatic nitrogens is 4. The van der Waals surface area contributed by atoms with Gasteiger partial charge in [-0.1, -0.05) is 51.1 Å². The van der Waals surface area contributed by atoms with Crippen LogP contribution in [0.25, 0.3) is 11.2 Å². The molecule has 2 heterocycles. The summed E-state index contributed by atoms with van der Waals surface area (Å²) in [5.74, 6) is 0.403. The van der Waals surface area contributed by atoms with Gasteiger partial charge in [-0.3, -0.25) is 19.1 Å². The number of aromatic amines is 2. The van der Waals surface area contributed by atoms with E-state index < -0.39 is 11.2 Å². The minimum absolute atomic E-state index is 0.0539. The summed E-state index contributed by atoms with van der Waals surface area (Å²) in [4.78, 5) is 45.7. The normalized spacial score (nSPS) is 12.8. The van der Waals surface area contributed by atoms with Gasteiger partial charge in [-0.2, -0.15) is 0 Å². The van der Waals surface area contributed by atoms with Gasteiger partial charge in [-0.15, -0.1) is 0 Å². The van der Waals surface area contributed by atoms with E-state index in [0.717, 1.165) is 12.0 Å². The molecule has 154 valence electrons. The molecule has 0 saturated heterocycles. The van der Waals surface area contributed by atoms with Gasteiger partial charge in [0.1, 0.15) is 11.3 Å². The topological polar surface area (TPSA) is 113 Å². The van der Waals surface area contributed by atoms with E-state index in [0.29, 0.717) is 12.2 Å². The van der Waals surface area contributed by atoms with Gasteiger partial charge in [-0.25, -0.2) is 9.78 Å². The summed E-state index contributed by atoms with van der Waals surface area (Å²) in [5, 5.41) is 3.12. The van der Waals surface area contributed by atoms with Crippen molar-refractivity contribution in [2.45, 2.75) is 46.1 Å². The van der Waals surface area contributed by atoms with Crippen molar-refractivity contribution in [3.8, 4) is 0 Å². The van der Waals surface area contributed by atoms with Crippen LogP contribution in [0, 0.1) is 5.41 Å². The smallest absolute Gasteiger partial charge is 0.329 e. The molecule has 0 saturated carbocycles. The number of amides is 1. The van der Waals surface area contributed by atoms with E-state index >= 15 is 0 Å². The molecule has 1 atom stereocenters. The molecule has 2 aromatic heterocycles. The summed E-state index contributed by atoms with van der Waals surface area (Å²) >= 11 is 0. The fourth-order valence-corrected chi connectivity index (χ4v) is 3.32. The lowest BCUT2D eigenvalue weighted by atomic mass is 9.85. The number of aryl methyl sites for hydroxylation is 2. The van der Waals surface area contributed by atoms with Crippen LogP contribution in [0.5, 0.6) is 0 Å². The van der Waals surface area contributed by atoms with Gasteiger partial charge in [0.25, 0.3) is 5.56 Å². The lowest BCUT2D eigenvalue weighted by Gasteiger charge is -2.27. The molecule has 1 aromatic carbocycles. The number of hydrogen-bond donors (Lipinski definition) is 3. The average molecular weight is 397 g/mol. The number of carbonyl (C=O) groups excluding carboxylic acids is 1. The Balaban J connectivity index is 1.72. The number of rotatable bonds is 6. The first kappa shape index (κ1) is 20.6. The summed E-state index contributed by atoms with van der Waals surface area (Å²) < 4.78 is 1.27. The summed E-state index contributed by atoms with van der Waals surface area (Å²) in [6.45, 7) is 6.43.